The van der Waals surface area contributed by atoms with Crippen LogP contribution in [0.2, 0.25) is 0 Å². The fourth-order valence-electron chi connectivity index (χ4n) is 3.87. The predicted molar refractivity (Wildman–Crippen MR) is 126 cm³/mol. The lowest BCUT2D eigenvalue weighted by Crippen LogP contribution is -2.41. The van der Waals surface area contributed by atoms with Crippen molar-refractivity contribution in [3.05, 3.63) is 89.7 Å². The number of methoxy groups -OCH3 is 1. The zero-order valence-electron chi connectivity index (χ0n) is 19.0. The Balaban J connectivity index is 1.33. The molecule has 0 N–H and O–H groups in total. The molecule has 0 saturated carbocycles. The maximum atomic E-state index is 13.1. The van der Waals surface area contributed by atoms with Crippen LogP contribution in [0, 0.1) is 11.7 Å². The van der Waals surface area contributed by atoms with Crippen LogP contribution in [-0.2, 0) is 14.8 Å². The fourth-order valence-corrected chi connectivity index (χ4v) is 5.34. The molecule has 4 rings (SSSR count). The highest BCUT2D eigenvalue weighted by Crippen LogP contribution is 2.26. The van der Waals surface area contributed by atoms with E-state index in [1.54, 1.807) is 24.3 Å². The van der Waals surface area contributed by atoms with Crippen molar-refractivity contribution in [1.82, 2.24) is 4.31 Å². The first kappa shape index (κ1) is 24.6. The Morgan fingerprint density at radius 3 is 1.89 bits per heavy atom. The molecule has 0 spiro atoms. The van der Waals surface area contributed by atoms with Crippen molar-refractivity contribution in [3.8, 4) is 11.5 Å². The molecule has 7 nitrogen and oxygen atoms in total. The van der Waals surface area contributed by atoms with Crippen LogP contribution in [-0.4, -0.2) is 44.7 Å². The first-order valence-electron chi connectivity index (χ1n) is 11.0. The van der Waals surface area contributed by atoms with Gasteiger partial charge in [0, 0.05) is 24.2 Å². The monoisotopic (exact) mass is 497 g/mol. The van der Waals surface area contributed by atoms with Crippen molar-refractivity contribution in [2.45, 2.75) is 17.7 Å². The highest BCUT2D eigenvalue weighted by molar-refractivity contribution is 7.89. The van der Waals surface area contributed by atoms with Crippen LogP contribution in [0.3, 0.4) is 0 Å². The summed E-state index contributed by atoms with van der Waals surface area (Å²) in [6.07, 6.45) is 0.685. The van der Waals surface area contributed by atoms with E-state index in [1.165, 1.54) is 59.9 Å². The van der Waals surface area contributed by atoms with Crippen LogP contribution in [0.4, 0.5) is 4.39 Å². The Hall–Kier alpha value is -3.56. The molecule has 0 amide bonds. The Labute approximate surface area is 203 Å². The van der Waals surface area contributed by atoms with Gasteiger partial charge in [0.05, 0.1) is 17.9 Å². The van der Waals surface area contributed by atoms with Gasteiger partial charge in [-0.15, -0.1) is 0 Å². The smallest absolute Gasteiger partial charge is 0.314 e. The van der Waals surface area contributed by atoms with Gasteiger partial charge in [-0.1, -0.05) is 0 Å². The minimum atomic E-state index is -3.66. The lowest BCUT2D eigenvalue weighted by Gasteiger charge is -2.30. The van der Waals surface area contributed by atoms with Gasteiger partial charge in [0.25, 0.3) is 0 Å². The average molecular weight is 498 g/mol. The minimum Gasteiger partial charge on any atom is -0.497 e. The van der Waals surface area contributed by atoms with Gasteiger partial charge in [0.15, 0.2) is 5.78 Å². The van der Waals surface area contributed by atoms with Gasteiger partial charge in [0.2, 0.25) is 10.0 Å². The van der Waals surface area contributed by atoms with Crippen molar-refractivity contribution in [3.63, 3.8) is 0 Å². The molecule has 3 aromatic rings. The molecule has 0 aliphatic carbocycles. The molecule has 182 valence electrons. The second kappa shape index (κ2) is 10.4. The third kappa shape index (κ3) is 5.58. The summed E-state index contributed by atoms with van der Waals surface area (Å²) in [4.78, 5) is 25.3. The molecule has 3 aromatic carbocycles. The molecular weight excluding hydrogens is 473 g/mol. The third-order valence-corrected chi connectivity index (χ3v) is 7.84. The molecule has 0 radical (unpaired) electrons. The van der Waals surface area contributed by atoms with E-state index in [9.17, 15) is 22.4 Å². The summed E-state index contributed by atoms with van der Waals surface area (Å²) in [5, 5.41) is 0. The number of piperidine rings is 1. The molecule has 1 saturated heterocycles. The molecular formula is C26H24FNO6S. The summed E-state index contributed by atoms with van der Waals surface area (Å²) in [6, 6.07) is 17.6. The van der Waals surface area contributed by atoms with Gasteiger partial charge in [0.1, 0.15) is 17.3 Å². The van der Waals surface area contributed by atoms with Gasteiger partial charge in [-0.25, -0.2) is 12.8 Å². The summed E-state index contributed by atoms with van der Waals surface area (Å²) < 4.78 is 50.7. The Kier molecular flexibility index (Phi) is 7.28. The summed E-state index contributed by atoms with van der Waals surface area (Å²) in [6.45, 7) is 0.415. The first-order chi connectivity index (χ1) is 16.8. The molecule has 1 heterocycles. The number of benzene rings is 3. The predicted octanol–water partition coefficient (Wildman–Crippen LogP) is 4.07. The number of hydrogen-bond donors (Lipinski definition) is 0. The van der Waals surface area contributed by atoms with E-state index in [-0.39, 0.29) is 23.8 Å². The molecule has 0 atom stereocenters. The molecule has 0 bridgehead atoms. The van der Waals surface area contributed by atoms with E-state index in [2.05, 4.69) is 0 Å². The Bertz CT molecular complexity index is 1300. The standard InChI is InChI=1S/C26H24FNO6S/c1-33-22-10-12-24(13-11-22)35(31,32)28-16-14-20(15-17-28)26(30)34-23-8-4-19(5-9-23)25(29)18-2-6-21(27)7-3-18/h2-13,20H,14-17H2,1H3. The van der Waals surface area contributed by atoms with E-state index >= 15 is 0 Å². The van der Waals surface area contributed by atoms with Crippen LogP contribution >= 0.6 is 0 Å². The summed E-state index contributed by atoms with van der Waals surface area (Å²) >= 11 is 0. The van der Waals surface area contributed by atoms with Crippen LogP contribution < -0.4 is 9.47 Å². The van der Waals surface area contributed by atoms with Crippen LogP contribution in [0.1, 0.15) is 28.8 Å². The number of ketones is 1. The summed E-state index contributed by atoms with van der Waals surface area (Å²) in [5.74, 6) is -0.708. The van der Waals surface area contributed by atoms with Crippen LogP contribution in [0.25, 0.3) is 0 Å². The highest BCUT2D eigenvalue weighted by Gasteiger charge is 2.33. The van der Waals surface area contributed by atoms with Crippen molar-refractivity contribution < 1.29 is 31.9 Å². The SMILES string of the molecule is COc1ccc(S(=O)(=O)N2CCC(C(=O)Oc3ccc(C(=O)c4ccc(F)cc4)cc3)CC2)cc1. The van der Waals surface area contributed by atoms with Crippen molar-refractivity contribution in [1.29, 1.82) is 0 Å². The number of nitrogens with zero attached hydrogens (tertiary/aromatic N) is 1. The van der Waals surface area contributed by atoms with E-state index in [0.717, 1.165) is 0 Å². The summed E-state index contributed by atoms with van der Waals surface area (Å²) in [5.41, 5.74) is 0.737. The number of sulfonamides is 1. The topological polar surface area (TPSA) is 90.0 Å². The minimum absolute atomic E-state index is 0.176. The van der Waals surface area contributed by atoms with Gasteiger partial charge in [-0.3, -0.25) is 9.59 Å². The normalized spacial score (nSPS) is 14.9. The van der Waals surface area contributed by atoms with Crippen molar-refractivity contribution >= 4 is 21.8 Å². The molecule has 1 aliphatic heterocycles. The zero-order chi connectivity index (χ0) is 25.0. The van der Waals surface area contributed by atoms with Crippen molar-refractivity contribution in [2.75, 3.05) is 20.2 Å². The van der Waals surface area contributed by atoms with Crippen LogP contribution in [0.5, 0.6) is 11.5 Å². The molecule has 35 heavy (non-hydrogen) atoms. The van der Waals surface area contributed by atoms with Gasteiger partial charge in [-0.05, 0) is 85.6 Å². The lowest BCUT2D eigenvalue weighted by molar-refractivity contribution is -0.140. The van der Waals surface area contributed by atoms with E-state index in [1.807, 2.05) is 0 Å². The summed E-state index contributed by atoms with van der Waals surface area (Å²) in [7, 11) is -2.15. The number of rotatable bonds is 7. The van der Waals surface area contributed by atoms with Crippen molar-refractivity contribution in [2.24, 2.45) is 5.92 Å². The Morgan fingerprint density at radius 2 is 1.34 bits per heavy atom. The van der Waals surface area contributed by atoms with Gasteiger partial charge >= 0.3 is 5.97 Å². The second-order valence-electron chi connectivity index (χ2n) is 8.14. The van der Waals surface area contributed by atoms with Gasteiger partial charge < -0.3 is 9.47 Å². The first-order valence-corrected chi connectivity index (χ1v) is 12.5. The van der Waals surface area contributed by atoms with E-state index in [0.29, 0.717) is 35.5 Å². The third-order valence-electron chi connectivity index (χ3n) is 5.93. The fraction of sp³-hybridized carbons (Fsp3) is 0.231. The molecule has 9 heteroatoms. The molecule has 1 aliphatic rings. The second-order valence-corrected chi connectivity index (χ2v) is 10.1. The number of esters is 1. The molecule has 0 unspecified atom stereocenters. The zero-order valence-corrected chi connectivity index (χ0v) is 19.8. The number of hydrogen-bond acceptors (Lipinski definition) is 6. The quantitative estimate of drug-likeness (QED) is 0.278. The lowest BCUT2D eigenvalue weighted by atomic mass is 9.98. The Morgan fingerprint density at radius 1 is 0.829 bits per heavy atom. The largest absolute Gasteiger partial charge is 0.497 e. The van der Waals surface area contributed by atoms with Crippen LogP contribution in [0.15, 0.2) is 77.7 Å². The number of ether oxygens (including phenoxy) is 2. The number of halogens is 1. The highest BCUT2D eigenvalue weighted by atomic mass is 32.2. The average Bonchev–Trinajstić information content (AvgIpc) is 2.89. The van der Waals surface area contributed by atoms with E-state index in [4.69, 9.17) is 9.47 Å². The maximum absolute atomic E-state index is 13.1. The van der Waals surface area contributed by atoms with E-state index < -0.39 is 27.7 Å². The molecule has 1 fully saturated rings. The number of carbonyl (C=O) groups is 2. The molecule has 0 aromatic heterocycles. The number of carbonyl (C=O) groups excluding carboxylic acids is 2. The maximum Gasteiger partial charge on any atom is 0.314 e. The van der Waals surface area contributed by atoms with Gasteiger partial charge in [-0.2, -0.15) is 4.31 Å².